The SMILES string of the molecule is COC(=O)[C@@H](NC(=O)[C@]1(NC(=O)[C@@H](NC(=O)[C@]2(NC(=O)OC(C)(C)C)CCO[C@@H]2c2ccc(Br)cc2)C(C)C)CCO[C@@H]1c1ccc(Br)cc1)C(C)C. The molecule has 4 amide bonds. The molecule has 2 aromatic carbocycles. The van der Waals surface area contributed by atoms with Crippen molar-refractivity contribution in [2.45, 2.75) is 102 Å². The van der Waals surface area contributed by atoms with Gasteiger partial charge in [-0.3, -0.25) is 14.4 Å². The van der Waals surface area contributed by atoms with Crippen LogP contribution in [0.1, 0.15) is 84.6 Å². The van der Waals surface area contributed by atoms with Crippen LogP contribution < -0.4 is 21.3 Å². The quantitative estimate of drug-likeness (QED) is 0.204. The summed E-state index contributed by atoms with van der Waals surface area (Å²) < 4.78 is 24.4. The van der Waals surface area contributed by atoms with Crippen molar-refractivity contribution in [1.29, 1.82) is 0 Å². The van der Waals surface area contributed by atoms with Gasteiger partial charge in [0.25, 0.3) is 0 Å². The van der Waals surface area contributed by atoms with Crippen LogP contribution in [0.5, 0.6) is 0 Å². The van der Waals surface area contributed by atoms with Crippen molar-refractivity contribution in [1.82, 2.24) is 21.3 Å². The minimum atomic E-state index is -1.69. The van der Waals surface area contributed by atoms with Gasteiger partial charge in [-0.05, 0) is 68.0 Å². The minimum absolute atomic E-state index is 0.0691. The van der Waals surface area contributed by atoms with Crippen molar-refractivity contribution >= 4 is 61.6 Å². The third-order valence-corrected chi connectivity index (χ3v) is 10.4. The van der Waals surface area contributed by atoms with Gasteiger partial charge in [0.1, 0.15) is 29.9 Å². The van der Waals surface area contributed by atoms with Crippen LogP contribution in [0, 0.1) is 11.8 Å². The summed E-state index contributed by atoms with van der Waals surface area (Å²) in [7, 11) is 1.24. The average molecular weight is 867 g/mol. The fraction of sp³-hybridized carbons (Fsp3) is 0.553. The van der Waals surface area contributed by atoms with Gasteiger partial charge in [0.15, 0.2) is 11.1 Å². The molecule has 15 heteroatoms. The number of amides is 4. The highest BCUT2D eigenvalue weighted by Gasteiger charge is 2.56. The van der Waals surface area contributed by atoms with E-state index in [1.54, 1.807) is 97.0 Å². The second-order valence-electron chi connectivity index (χ2n) is 15.1. The van der Waals surface area contributed by atoms with Crippen molar-refractivity contribution in [3.8, 4) is 0 Å². The summed E-state index contributed by atoms with van der Waals surface area (Å²) >= 11 is 6.87. The summed E-state index contributed by atoms with van der Waals surface area (Å²) in [6, 6.07) is 12.1. The number of alkyl carbamates (subject to hydrolysis) is 1. The summed E-state index contributed by atoms with van der Waals surface area (Å²) in [5, 5.41) is 11.5. The predicted molar refractivity (Wildman–Crippen MR) is 203 cm³/mol. The molecule has 0 bridgehead atoms. The molecule has 13 nitrogen and oxygen atoms in total. The van der Waals surface area contributed by atoms with Crippen LogP contribution >= 0.6 is 31.9 Å². The van der Waals surface area contributed by atoms with Gasteiger partial charge >= 0.3 is 12.1 Å². The monoisotopic (exact) mass is 864 g/mol. The van der Waals surface area contributed by atoms with Gasteiger partial charge in [-0.15, -0.1) is 0 Å². The second kappa shape index (κ2) is 17.3. The van der Waals surface area contributed by atoms with E-state index in [1.165, 1.54) is 7.11 Å². The van der Waals surface area contributed by atoms with E-state index >= 15 is 0 Å². The smallest absolute Gasteiger partial charge is 0.408 e. The predicted octanol–water partition coefficient (Wildman–Crippen LogP) is 5.41. The number of nitrogens with one attached hydrogen (secondary N) is 4. The van der Waals surface area contributed by atoms with Crippen LogP contribution in [0.4, 0.5) is 4.79 Å². The summed E-state index contributed by atoms with van der Waals surface area (Å²) in [5.41, 5.74) is -2.97. The van der Waals surface area contributed by atoms with Crippen molar-refractivity contribution < 1.29 is 42.9 Å². The van der Waals surface area contributed by atoms with Gasteiger partial charge in [-0.2, -0.15) is 0 Å². The molecule has 0 unspecified atom stereocenters. The molecular formula is C38H50Br2N4O9. The molecule has 4 rings (SSSR count). The number of hydrogen-bond donors (Lipinski definition) is 4. The first-order chi connectivity index (χ1) is 24.8. The average Bonchev–Trinajstić information content (AvgIpc) is 3.70. The van der Waals surface area contributed by atoms with Gasteiger partial charge in [0.05, 0.1) is 20.3 Å². The Labute approximate surface area is 327 Å². The normalized spacial score (nSPS) is 23.9. The zero-order valence-electron chi connectivity index (χ0n) is 31.3. The lowest BCUT2D eigenvalue weighted by atomic mass is 9.83. The molecule has 0 aliphatic carbocycles. The molecule has 2 aliphatic heterocycles. The van der Waals surface area contributed by atoms with Gasteiger partial charge < -0.3 is 40.2 Å². The van der Waals surface area contributed by atoms with Crippen molar-refractivity contribution in [3.05, 3.63) is 68.6 Å². The van der Waals surface area contributed by atoms with Crippen LogP contribution in [-0.2, 0) is 38.1 Å². The van der Waals surface area contributed by atoms with E-state index in [1.807, 2.05) is 0 Å². The number of carbonyl (C=O) groups is 5. The Hall–Kier alpha value is -3.53. The van der Waals surface area contributed by atoms with Crippen LogP contribution in [0.15, 0.2) is 57.5 Å². The molecule has 0 spiro atoms. The molecule has 0 saturated carbocycles. The van der Waals surface area contributed by atoms with E-state index < -0.39 is 76.7 Å². The fourth-order valence-electron chi connectivity index (χ4n) is 6.58. The Morgan fingerprint density at radius 3 is 1.53 bits per heavy atom. The molecule has 4 N–H and O–H groups in total. The molecule has 2 aliphatic rings. The first kappa shape index (κ1) is 42.2. The standard InChI is InChI=1S/C38H50Br2N4O9/c1-21(2)27(41-34(48)38(44-35(49)53-36(5,6)7)18-20-52-30(38)24-11-15-26(40)16-12-24)31(45)43-37(33(47)42-28(22(3)4)32(46)50-8)17-19-51-29(37)23-9-13-25(39)14-10-23/h9-16,21-22,27-30H,17-20H2,1-8H3,(H,41,48)(H,42,47)(H,43,45)(H,44,49)/t27-,28-,29+,30+,37-,38-/m0/s1. The number of carbonyl (C=O) groups excluding carboxylic acids is 5. The number of benzene rings is 2. The number of ether oxygens (including phenoxy) is 4. The highest BCUT2D eigenvalue weighted by atomic mass is 79.9. The number of halogens is 2. The highest BCUT2D eigenvalue weighted by Crippen LogP contribution is 2.41. The molecular weight excluding hydrogens is 816 g/mol. The zero-order valence-corrected chi connectivity index (χ0v) is 34.5. The fourth-order valence-corrected chi connectivity index (χ4v) is 7.11. The Morgan fingerprint density at radius 1 is 0.717 bits per heavy atom. The Morgan fingerprint density at radius 2 is 1.13 bits per heavy atom. The molecule has 290 valence electrons. The molecule has 0 aromatic heterocycles. The largest absolute Gasteiger partial charge is 0.467 e. The van der Waals surface area contributed by atoms with Crippen molar-refractivity contribution in [2.24, 2.45) is 11.8 Å². The topological polar surface area (TPSA) is 170 Å². The summed E-state index contributed by atoms with van der Waals surface area (Å²) in [6.07, 6.45) is -2.54. The third-order valence-electron chi connectivity index (χ3n) is 9.33. The third kappa shape index (κ3) is 9.78. The summed E-state index contributed by atoms with van der Waals surface area (Å²) in [4.78, 5) is 69.6. The van der Waals surface area contributed by atoms with Gasteiger partial charge in [0, 0.05) is 21.8 Å². The molecule has 2 saturated heterocycles. The number of rotatable bonds is 12. The van der Waals surface area contributed by atoms with Crippen LogP contribution in [0.25, 0.3) is 0 Å². The first-order valence-electron chi connectivity index (χ1n) is 17.6. The lowest BCUT2D eigenvalue weighted by Crippen LogP contribution is -2.68. The second-order valence-corrected chi connectivity index (χ2v) is 16.9. The Bertz CT molecular complexity index is 1650. The van der Waals surface area contributed by atoms with Gasteiger partial charge in [-0.25, -0.2) is 9.59 Å². The summed E-state index contributed by atoms with van der Waals surface area (Å²) in [5.74, 6) is -3.44. The number of hydrogen-bond acceptors (Lipinski definition) is 9. The van der Waals surface area contributed by atoms with Gasteiger partial charge in [-0.1, -0.05) is 83.8 Å². The van der Waals surface area contributed by atoms with E-state index in [0.717, 1.165) is 8.95 Å². The lowest BCUT2D eigenvalue weighted by Gasteiger charge is -2.38. The van der Waals surface area contributed by atoms with Crippen molar-refractivity contribution in [2.75, 3.05) is 20.3 Å². The van der Waals surface area contributed by atoms with Crippen LogP contribution in [-0.4, -0.2) is 78.9 Å². The number of methoxy groups -OCH3 is 1. The summed E-state index contributed by atoms with van der Waals surface area (Å²) in [6.45, 7) is 12.4. The van der Waals surface area contributed by atoms with Gasteiger partial charge in [0.2, 0.25) is 17.7 Å². The molecule has 2 aromatic rings. The Balaban J connectivity index is 1.72. The maximum atomic E-state index is 14.6. The van der Waals surface area contributed by atoms with E-state index in [-0.39, 0.29) is 32.0 Å². The van der Waals surface area contributed by atoms with Crippen molar-refractivity contribution in [3.63, 3.8) is 0 Å². The minimum Gasteiger partial charge on any atom is -0.467 e. The van der Waals surface area contributed by atoms with E-state index in [9.17, 15) is 24.0 Å². The molecule has 6 atom stereocenters. The maximum absolute atomic E-state index is 14.6. The van der Waals surface area contributed by atoms with Crippen LogP contribution in [0.3, 0.4) is 0 Å². The van der Waals surface area contributed by atoms with E-state index in [2.05, 4.69) is 53.1 Å². The maximum Gasteiger partial charge on any atom is 0.408 e. The van der Waals surface area contributed by atoms with E-state index in [4.69, 9.17) is 18.9 Å². The molecule has 53 heavy (non-hydrogen) atoms. The highest BCUT2D eigenvalue weighted by molar-refractivity contribution is 9.10. The molecule has 2 heterocycles. The Kier molecular flexibility index (Phi) is 13.8. The molecule has 2 fully saturated rings. The lowest BCUT2D eigenvalue weighted by molar-refractivity contribution is -0.148. The first-order valence-corrected chi connectivity index (χ1v) is 19.2. The zero-order chi connectivity index (χ0) is 39.3. The number of esters is 1. The van der Waals surface area contributed by atoms with Crippen LogP contribution in [0.2, 0.25) is 0 Å². The molecule has 0 radical (unpaired) electrons. The van der Waals surface area contributed by atoms with E-state index in [0.29, 0.717) is 11.1 Å².